The summed E-state index contributed by atoms with van der Waals surface area (Å²) in [5, 5.41) is 5.38. The molecule has 1 aromatic heterocycles. The lowest BCUT2D eigenvalue weighted by molar-refractivity contribution is -0.119. The molecule has 1 heterocycles. The maximum Gasteiger partial charge on any atom is 0.252 e. The molecule has 1 aromatic rings. The zero-order valence-corrected chi connectivity index (χ0v) is 8.76. The van der Waals surface area contributed by atoms with Crippen LogP contribution < -0.4 is 5.32 Å². The van der Waals surface area contributed by atoms with E-state index in [4.69, 9.17) is 4.74 Å². The highest BCUT2D eigenvalue weighted by atomic mass is 32.1. The number of rotatable bonds is 4. The van der Waals surface area contributed by atoms with E-state index in [1.807, 2.05) is 5.38 Å². The fourth-order valence-electron chi connectivity index (χ4n) is 1.20. The van der Waals surface area contributed by atoms with Gasteiger partial charge < -0.3 is 4.74 Å². The van der Waals surface area contributed by atoms with Crippen molar-refractivity contribution in [2.45, 2.75) is 18.8 Å². The standard InChI is InChI=1S/C9H12N2O2S/c1-13-4-8(12)11-9-10-7(5-14-9)6-2-3-6/h5-6H,2-4H2,1H3,(H,10,11,12). The predicted molar refractivity (Wildman–Crippen MR) is 54.6 cm³/mol. The molecule has 0 unspecified atom stereocenters. The number of anilines is 1. The maximum absolute atomic E-state index is 11.1. The van der Waals surface area contributed by atoms with Crippen molar-refractivity contribution < 1.29 is 9.53 Å². The Hall–Kier alpha value is -0.940. The molecule has 76 valence electrons. The third-order valence-electron chi connectivity index (χ3n) is 2.04. The van der Waals surface area contributed by atoms with Crippen LogP contribution in [0.3, 0.4) is 0 Å². The Labute approximate surface area is 86.3 Å². The average Bonchev–Trinajstić information content (AvgIpc) is 2.89. The Morgan fingerprint density at radius 2 is 2.57 bits per heavy atom. The van der Waals surface area contributed by atoms with Crippen molar-refractivity contribution in [2.24, 2.45) is 0 Å². The number of carbonyl (C=O) groups is 1. The van der Waals surface area contributed by atoms with Gasteiger partial charge in [-0.05, 0) is 12.8 Å². The summed E-state index contributed by atoms with van der Waals surface area (Å²) < 4.78 is 4.71. The molecule has 1 aliphatic carbocycles. The Kier molecular flexibility index (Phi) is 2.79. The smallest absolute Gasteiger partial charge is 0.252 e. The van der Waals surface area contributed by atoms with Gasteiger partial charge >= 0.3 is 0 Å². The highest BCUT2D eigenvalue weighted by Gasteiger charge is 2.26. The Balaban J connectivity index is 1.92. The molecule has 5 heteroatoms. The summed E-state index contributed by atoms with van der Waals surface area (Å²) in [6, 6.07) is 0. The van der Waals surface area contributed by atoms with Crippen LogP contribution >= 0.6 is 11.3 Å². The van der Waals surface area contributed by atoms with Crippen LogP contribution in [0.4, 0.5) is 5.13 Å². The topological polar surface area (TPSA) is 51.2 Å². The minimum Gasteiger partial charge on any atom is -0.375 e. The zero-order valence-electron chi connectivity index (χ0n) is 7.95. The number of amides is 1. The van der Waals surface area contributed by atoms with E-state index in [1.165, 1.54) is 31.3 Å². The SMILES string of the molecule is COCC(=O)Nc1nc(C2CC2)cs1. The van der Waals surface area contributed by atoms with Gasteiger partial charge in [0.2, 0.25) is 0 Å². The van der Waals surface area contributed by atoms with Crippen molar-refractivity contribution in [1.29, 1.82) is 0 Å². The van der Waals surface area contributed by atoms with Gasteiger partial charge in [-0.1, -0.05) is 0 Å². The normalized spacial score (nSPS) is 15.5. The van der Waals surface area contributed by atoms with Gasteiger partial charge in [-0.3, -0.25) is 10.1 Å². The number of nitrogens with one attached hydrogen (secondary N) is 1. The lowest BCUT2D eigenvalue weighted by Crippen LogP contribution is -2.16. The zero-order chi connectivity index (χ0) is 9.97. The molecule has 0 radical (unpaired) electrons. The van der Waals surface area contributed by atoms with E-state index >= 15 is 0 Å². The summed E-state index contributed by atoms with van der Waals surface area (Å²) in [7, 11) is 1.50. The first-order valence-corrected chi connectivity index (χ1v) is 5.42. The lowest BCUT2D eigenvalue weighted by atomic mass is 10.3. The second kappa shape index (κ2) is 4.06. The molecule has 1 saturated carbocycles. The second-order valence-electron chi connectivity index (χ2n) is 3.33. The van der Waals surface area contributed by atoms with Crippen LogP contribution in [-0.2, 0) is 9.53 Å². The summed E-state index contributed by atoms with van der Waals surface area (Å²) in [6.07, 6.45) is 2.46. The van der Waals surface area contributed by atoms with E-state index in [2.05, 4.69) is 10.3 Å². The summed E-state index contributed by atoms with van der Waals surface area (Å²) >= 11 is 1.47. The monoisotopic (exact) mass is 212 g/mol. The first-order chi connectivity index (χ1) is 6.79. The van der Waals surface area contributed by atoms with Crippen LogP contribution in [0.2, 0.25) is 0 Å². The molecule has 14 heavy (non-hydrogen) atoms. The van der Waals surface area contributed by atoms with Crippen molar-refractivity contribution in [2.75, 3.05) is 19.0 Å². The summed E-state index contributed by atoms with van der Waals surface area (Å²) in [6.45, 7) is 0.0817. The van der Waals surface area contributed by atoms with E-state index in [0.29, 0.717) is 11.0 Å². The summed E-state index contributed by atoms with van der Waals surface area (Å²) in [5.41, 5.74) is 1.11. The third-order valence-corrected chi connectivity index (χ3v) is 2.82. The highest BCUT2D eigenvalue weighted by molar-refractivity contribution is 7.13. The number of carbonyl (C=O) groups excluding carboxylic acids is 1. The van der Waals surface area contributed by atoms with Crippen LogP contribution in [-0.4, -0.2) is 24.6 Å². The number of hydrogen-bond acceptors (Lipinski definition) is 4. The fraction of sp³-hybridized carbons (Fsp3) is 0.556. The van der Waals surface area contributed by atoms with Crippen LogP contribution in [0.1, 0.15) is 24.5 Å². The Bertz CT molecular complexity index is 333. The molecular formula is C9H12N2O2S. The second-order valence-corrected chi connectivity index (χ2v) is 4.19. The number of methoxy groups -OCH3 is 1. The number of nitrogens with zero attached hydrogens (tertiary/aromatic N) is 1. The molecule has 0 bridgehead atoms. The lowest BCUT2D eigenvalue weighted by Gasteiger charge is -1.98. The summed E-state index contributed by atoms with van der Waals surface area (Å²) in [5.74, 6) is 0.489. The van der Waals surface area contributed by atoms with Crippen molar-refractivity contribution >= 4 is 22.4 Å². The van der Waals surface area contributed by atoms with E-state index in [0.717, 1.165) is 5.69 Å². The molecule has 0 saturated heterocycles. The van der Waals surface area contributed by atoms with Crippen LogP contribution in [0.5, 0.6) is 0 Å². The van der Waals surface area contributed by atoms with Crippen molar-refractivity contribution in [3.8, 4) is 0 Å². The molecule has 1 N–H and O–H groups in total. The average molecular weight is 212 g/mol. The molecule has 0 aromatic carbocycles. The van der Waals surface area contributed by atoms with Crippen LogP contribution in [0.15, 0.2) is 5.38 Å². The van der Waals surface area contributed by atoms with Crippen molar-refractivity contribution in [1.82, 2.24) is 4.98 Å². The van der Waals surface area contributed by atoms with Gasteiger partial charge in [0, 0.05) is 18.4 Å². The quantitative estimate of drug-likeness (QED) is 0.824. The number of hydrogen-bond donors (Lipinski definition) is 1. The van der Waals surface area contributed by atoms with E-state index in [-0.39, 0.29) is 12.5 Å². The van der Waals surface area contributed by atoms with Gasteiger partial charge in [0.05, 0.1) is 5.69 Å². The van der Waals surface area contributed by atoms with Gasteiger partial charge in [0.25, 0.3) is 5.91 Å². The minimum atomic E-state index is -0.149. The third kappa shape index (κ3) is 2.30. The van der Waals surface area contributed by atoms with Gasteiger partial charge in [-0.15, -0.1) is 11.3 Å². The number of thiazole rings is 1. The van der Waals surface area contributed by atoms with E-state index < -0.39 is 0 Å². The molecule has 0 spiro atoms. The van der Waals surface area contributed by atoms with Gasteiger partial charge in [0.15, 0.2) is 5.13 Å². The van der Waals surface area contributed by atoms with Crippen LogP contribution in [0.25, 0.3) is 0 Å². The molecule has 2 rings (SSSR count). The van der Waals surface area contributed by atoms with E-state index in [9.17, 15) is 4.79 Å². The largest absolute Gasteiger partial charge is 0.375 e. The Morgan fingerprint density at radius 3 is 3.21 bits per heavy atom. The molecule has 1 aliphatic rings. The Morgan fingerprint density at radius 1 is 1.79 bits per heavy atom. The minimum absolute atomic E-state index is 0.0817. The first kappa shape index (κ1) is 9.61. The molecule has 1 amide bonds. The summed E-state index contributed by atoms with van der Waals surface area (Å²) in [4.78, 5) is 15.5. The molecular weight excluding hydrogens is 200 g/mol. The highest BCUT2D eigenvalue weighted by Crippen LogP contribution is 2.40. The predicted octanol–water partition coefficient (Wildman–Crippen LogP) is 1.61. The molecule has 1 fully saturated rings. The first-order valence-electron chi connectivity index (χ1n) is 4.54. The molecule has 0 aliphatic heterocycles. The van der Waals surface area contributed by atoms with Crippen molar-refractivity contribution in [3.63, 3.8) is 0 Å². The number of aromatic nitrogens is 1. The fourth-order valence-corrected chi connectivity index (χ4v) is 2.01. The number of ether oxygens (including phenoxy) is 1. The van der Waals surface area contributed by atoms with Gasteiger partial charge in [-0.2, -0.15) is 0 Å². The van der Waals surface area contributed by atoms with Crippen molar-refractivity contribution in [3.05, 3.63) is 11.1 Å². The van der Waals surface area contributed by atoms with E-state index in [1.54, 1.807) is 0 Å². The van der Waals surface area contributed by atoms with Crippen LogP contribution in [0, 0.1) is 0 Å². The van der Waals surface area contributed by atoms with Gasteiger partial charge in [-0.25, -0.2) is 4.98 Å². The van der Waals surface area contributed by atoms with Gasteiger partial charge in [0.1, 0.15) is 6.61 Å². The molecule has 0 atom stereocenters. The molecule has 4 nitrogen and oxygen atoms in total. The maximum atomic E-state index is 11.1.